The molecular formula is C33H26BNO8. The van der Waals surface area contributed by atoms with E-state index in [9.17, 15) is 24.6 Å². The number of para-hydroxylation sites is 1. The molecule has 0 spiro atoms. The predicted octanol–water partition coefficient (Wildman–Crippen LogP) is 4.68. The van der Waals surface area contributed by atoms with Gasteiger partial charge in [0.1, 0.15) is 17.6 Å². The van der Waals surface area contributed by atoms with Crippen molar-refractivity contribution >= 4 is 35.9 Å². The molecule has 0 radical (unpaired) electrons. The summed E-state index contributed by atoms with van der Waals surface area (Å²) in [4.78, 5) is 40.1. The van der Waals surface area contributed by atoms with Gasteiger partial charge in [0.05, 0.1) is 22.8 Å². The van der Waals surface area contributed by atoms with E-state index >= 15 is 0 Å². The van der Waals surface area contributed by atoms with Crippen molar-refractivity contribution in [3.8, 4) is 11.5 Å². The molecule has 43 heavy (non-hydrogen) atoms. The van der Waals surface area contributed by atoms with Gasteiger partial charge in [0.2, 0.25) is 0 Å². The number of nitrogens with one attached hydrogen (secondary N) is 1. The number of aromatic hydroxyl groups is 2. The molecule has 3 aliphatic rings. The van der Waals surface area contributed by atoms with Crippen molar-refractivity contribution in [2.24, 2.45) is 0 Å². The minimum atomic E-state index is -1.22. The van der Waals surface area contributed by atoms with Crippen molar-refractivity contribution in [1.29, 1.82) is 0 Å². The van der Waals surface area contributed by atoms with Gasteiger partial charge in [-0.15, -0.1) is 0 Å². The maximum Gasteiger partial charge on any atom is 0.494 e. The van der Waals surface area contributed by atoms with E-state index in [1.165, 1.54) is 12.1 Å². The molecule has 4 aromatic rings. The Hall–Kier alpha value is -4.93. The zero-order valence-corrected chi connectivity index (χ0v) is 23.1. The quantitative estimate of drug-likeness (QED) is 0.208. The number of phenols is 2. The van der Waals surface area contributed by atoms with Crippen molar-refractivity contribution in [3.05, 3.63) is 118 Å². The molecule has 1 saturated heterocycles. The molecule has 1 fully saturated rings. The van der Waals surface area contributed by atoms with Gasteiger partial charge < -0.3 is 24.3 Å². The van der Waals surface area contributed by atoms with Crippen molar-refractivity contribution < 1.29 is 38.6 Å². The van der Waals surface area contributed by atoms with E-state index in [4.69, 9.17) is 14.0 Å². The van der Waals surface area contributed by atoms with Gasteiger partial charge in [0.15, 0.2) is 11.6 Å². The van der Waals surface area contributed by atoms with E-state index in [0.29, 0.717) is 11.2 Å². The molecule has 0 aromatic heterocycles. The highest BCUT2D eigenvalue weighted by molar-refractivity contribution is 6.61. The van der Waals surface area contributed by atoms with Crippen molar-refractivity contribution in [1.82, 2.24) is 0 Å². The number of benzene rings is 4. The monoisotopic (exact) mass is 575 g/mol. The zero-order chi connectivity index (χ0) is 29.9. The summed E-state index contributed by atoms with van der Waals surface area (Å²) >= 11 is 0. The third-order valence-corrected chi connectivity index (χ3v) is 8.54. The summed E-state index contributed by atoms with van der Waals surface area (Å²) in [6.07, 6.45) is -2.30. The van der Waals surface area contributed by atoms with E-state index in [2.05, 4.69) is 5.32 Å². The number of ether oxygens (including phenoxy) is 1. The highest BCUT2D eigenvalue weighted by atomic mass is 16.6. The summed E-state index contributed by atoms with van der Waals surface area (Å²) in [5, 5.41) is 25.9. The second kappa shape index (κ2) is 10.1. The average molecular weight is 575 g/mol. The smallest absolute Gasteiger partial charge is 0.494 e. The number of rotatable bonds is 4. The maximum absolute atomic E-state index is 13.6. The van der Waals surface area contributed by atoms with E-state index in [-0.39, 0.29) is 46.2 Å². The fourth-order valence-electron chi connectivity index (χ4n) is 6.39. The first-order valence-corrected chi connectivity index (χ1v) is 14.0. The summed E-state index contributed by atoms with van der Waals surface area (Å²) in [6.45, 7) is 1.69. The molecule has 0 saturated carbocycles. The van der Waals surface area contributed by atoms with Crippen LogP contribution >= 0.6 is 0 Å². The Morgan fingerprint density at radius 2 is 1.49 bits per heavy atom. The Balaban J connectivity index is 1.33. The second-order valence-electron chi connectivity index (χ2n) is 11.0. The summed E-state index contributed by atoms with van der Waals surface area (Å²) in [6, 6.07) is 24.4. The molecule has 4 aromatic carbocycles. The van der Waals surface area contributed by atoms with Gasteiger partial charge in [0.25, 0.3) is 0 Å². The highest BCUT2D eigenvalue weighted by Gasteiger charge is 2.56. The summed E-state index contributed by atoms with van der Waals surface area (Å²) in [5.41, 5.74) is 0.251. The molecule has 2 bridgehead atoms. The van der Waals surface area contributed by atoms with E-state index < -0.39 is 54.1 Å². The molecule has 3 atom stereocenters. The lowest BCUT2D eigenvalue weighted by Gasteiger charge is -2.50. The second-order valence-corrected chi connectivity index (χ2v) is 11.0. The summed E-state index contributed by atoms with van der Waals surface area (Å²) < 4.78 is 18.8. The van der Waals surface area contributed by atoms with Crippen LogP contribution in [0, 0.1) is 0 Å². The number of hydrogen-bond donors (Lipinski definition) is 3. The molecule has 1 heterocycles. The number of carbonyl (C=O) groups is 3. The van der Waals surface area contributed by atoms with Crippen molar-refractivity contribution in [3.63, 3.8) is 0 Å². The SMILES string of the molecule is C[C@@H](OC(=O)Nc1ccccc1)[C@]12Cc3c(O)c4c(c(O)c3[C@H](C1)OB(c1ccccc1)O2)C(=O)c1ccccc1C4=O. The van der Waals surface area contributed by atoms with Crippen LogP contribution in [0.3, 0.4) is 0 Å². The van der Waals surface area contributed by atoms with Crippen LogP contribution in [0.2, 0.25) is 0 Å². The standard InChI is InChI=1S/C33H26BNO8/c1-18(41-32(40)35-20-12-6-3-7-13-20)33-16-23-25(24(17-33)42-34(43-33)19-10-4-2-5-11-19)31(39)27-26(30(23)38)28(36)21-14-8-9-15-22(21)29(27)37/h2-15,18,24,38-39H,16-17H2,1H3,(H,35,40)/t18-,24+,33+/m1/s1. The zero-order valence-electron chi connectivity index (χ0n) is 23.1. The van der Waals surface area contributed by atoms with Crippen LogP contribution in [0.5, 0.6) is 11.5 Å². The lowest BCUT2D eigenvalue weighted by molar-refractivity contribution is -0.124. The Kier molecular flexibility index (Phi) is 6.34. The number of anilines is 1. The number of ketones is 2. The minimum Gasteiger partial charge on any atom is -0.507 e. The van der Waals surface area contributed by atoms with Crippen LogP contribution in [0.4, 0.5) is 10.5 Å². The van der Waals surface area contributed by atoms with Gasteiger partial charge in [-0.25, -0.2) is 4.79 Å². The van der Waals surface area contributed by atoms with Gasteiger partial charge in [-0.05, 0) is 24.5 Å². The lowest BCUT2D eigenvalue weighted by atomic mass is 9.66. The number of phenolic OH excluding ortho intramolecular Hbond substituents is 2. The van der Waals surface area contributed by atoms with Crippen LogP contribution < -0.4 is 10.8 Å². The molecule has 1 amide bonds. The number of fused-ring (bicyclic) bond motifs is 6. The topological polar surface area (TPSA) is 131 Å². The third kappa shape index (κ3) is 4.29. The fraction of sp³-hybridized carbons (Fsp3) is 0.182. The van der Waals surface area contributed by atoms with E-state index in [1.54, 1.807) is 43.3 Å². The van der Waals surface area contributed by atoms with Crippen LogP contribution in [-0.4, -0.2) is 46.7 Å². The fourth-order valence-corrected chi connectivity index (χ4v) is 6.39. The van der Waals surface area contributed by atoms with Crippen LogP contribution in [-0.2, 0) is 20.5 Å². The van der Waals surface area contributed by atoms with Gasteiger partial charge >= 0.3 is 13.2 Å². The van der Waals surface area contributed by atoms with Gasteiger partial charge in [-0.1, -0.05) is 72.8 Å². The Morgan fingerprint density at radius 3 is 2.14 bits per heavy atom. The Morgan fingerprint density at radius 1 is 0.907 bits per heavy atom. The first kappa shape index (κ1) is 26.9. The Labute approximate surface area is 247 Å². The predicted molar refractivity (Wildman–Crippen MR) is 157 cm³/mol. The molecule has 9 nitrogen and oxygen atoms in total. The van der Waals surface area contributed by atoms with Crippen LogP contribution in [0.15, 0.2) is 84.9 Å². The van der Waals surface area contributed by atoms with Gasteiger partial charge in [0, 0.05) is 40.8 Å². The van der Waals surface area contributed by atoms with Gasteiger partial charge in [-0.2, -0.15) is 0 Å². The molecular weight excluding hydrogens is 549 g/mol. The first-order valence-electron chi connectivity index (χ1n) is 14.0. The number of amides is 1. The number of hydrogen-bond acceptors (Lipinski definition) is 8. The molecule has 3 N–H and O–H groups in total. The molecule has 7 rings (SSSR count). The number of carbonyl (C=O) groups excluding carboxylic acids is 3. The third-order valence-electron chi connectivity index (χ3n) is 8.54. The molecule has 0 unspecified atom stereocenters. The lowest BCUT2D eigenvalue weighted by Crippen LogP contribution is -2.61. The first-order chi connectivity index (χ1) is 20.8. The summed E-state index contributed by atoms with van der Waals surface area (Å²) in [5.74, 6) is -1.95. The minimum absolute atomic E-state index is 0.0267. The van der Waals surface area contributed by atoms with Crippen LogP contribution in [0.1, 0.15) is 62.4 Å². The van der Waals surface area contributed by atoms with Gasteiger partial charge in [-0.3, -0.25) is 14.9 Å². The van der Waals surface area contributed by atoms with E-state index in [0.717, 1.165) is 0 Å². The van der Waals surface area contributed by atoms with Crippen molar-refractivity contribution in [2.45, 2.75) is 37.6 Å². The molecule has 2 aliphatic carbocycles. The largest absolute Gasteiger partial charge is 0.507 e. The maximum atomic E-state index is 13.6. The summed E-state index contributed by atoms with van der Waals surface area (Å²) in [7, 11) is -0.910. The normalized spacial score (nSPS) is 20.9. The highest BCUT2D eigenvalue weighted by Crippen LogP contribution is 2.54. The van der Waals surface area contributed by atoms with Crippen molar-refractivity contribution in [2.75, 3.05) is 5.32 Å². The molecule has 10 heteroatoms. The van der Waals surface area contributed by atoms with Crippen LogP contribution in [0.25, 0.3) is 0 Å². The van der Waals surface area contributed by atoms with E-state index in [1.807, 2.05) is 36.4 Å². The molecule has 1 aliphatic heterocycles. The Bertz CT molecular complexity index is 1790. The average Bonchev–Trinajstić information content (AvgIpc) is 3.02. The molecule has 214 valence electrons.